The molecule has 2 aromatic rings. The Hall–Kier alpha value is -1.39. The molecule has 130 valence electrons. The van der Waals surface area contributed by atoms with Crippen LogP contribution in [0.4, 0.5) is 4.39 Å². The molecule has 0 atom stereocenters. The van der Waals surface area contributed by atoms with E-state index >= 15 is 0 Å². The average Bonchev–Trinajstić information content (AvgIpc) is 3.06. The van der Waals surface area contributed by atoms with Crippen molar-refractivity contribution in [3.63, 3.8) is 0 Å². The van der Waals surface area contributed by atoms with E-state index in [-0.39, 0.29) is 43.1 Å². The summed E-state index contributed by atoms with van der Waals surface area (Å²) in [6.07, 6.45) is 0.893. The first-order valence-corrected chi connectivity index (χ1v) is 8.18. The van der Waals surface area contributed by atoms with Gasteiger partial charge in [-0.15, -0.1) is 35.3 Å². The number of nitrogens with one attached hydrogen (secondary N) is 1. The smallest absolute Gasteiger partial charge is 0.189 e. The number of halogens is 2. The monoisotopic (exact) mass is 463 g/mol. The molecule has 1 aromatic carbocycles. The van der Waals surface area contributed by atoms with Crippen molar-refractivity contribution in [1.82, 2.24) is 5.32 Å². The fraction of sp³-hybridized carbons (Fsp3) is 0.312. The predicted molar refractivity (Wildman–Crippen MR) is 103 cm³/mol. The summed E-state index contributed by atoms with van der Waals surface area (Å²) in [5.41, 5.74) is 7.23. The highest BCUT2D eigenvalue weighted by atomic mass is 127. The first-order chi connectivity index (χ1) is 11.2. The second-order valence-electron chi connectivity index (χ2n) is 5.12. The van der Waals surface area contributed by atoms with Crippen LogP contribution in [-0.4, -0.2) is 19.3 Å². The quantitative estimate of drug-likeness (QED) is 0.407. The molecule has 3 rings (SSSR count). The van der Waals surface area contributed by atoms with E-state index in [1.54, 1.807) is 11.3 Å². The van der Waals surface area contributed by atoms with Crippen LogP contribution in [-0.2, 0) is 24.3 Å². The maximum absolute atomic E-state index is 13.6. The zero-order chi connectivity index (χ0) is 16.1. The molecule has 0 spiro atoms. The lowest BCUT2D eigenvalue weighted by atomic mass is 10.1. The van der Waals surface area contributed by atoms with E-state index in [4.69, 9.17) is 15.2 Å². The second-order valence-corrected chi connectivity index (χ2v) is 6.15. The number of guanidine groups is 1. The van der Waals surface area contributed by atoms with Gasteiger partial charge in [0.25, 0.3) is 0 Å². The lowest BCUT2D eigenvalue weighted by Crippen LogP contribution is -2.33. The van der Waals surface area contributed by atoms with Gasteiger partial charge in [-0.25, -0.2) is 9.38 Å². The Morgan fingerprint density at radius 1 is 1.42 bits per heavy atom. The Labute approximate surface area is 161 Å². The van der Waals surface area contributed by atoms with Gasteiger partial charge in [0, 0.05) is 22.5 Å². The van der Waals surface area contributed by atoms with Gasteiger partial charge in [0.1, 0.15) is 11.6 Å². The van der Waals surface area contributed by atoms with Crippen LogP contribution < -0.4 is 15.8 Å². The minimum atomic E-state index is -0.327. The molecule has 1 aromatic heterocycles. The normalized spacial score (nSPS) is 13.6. The van der Waals surface area contributed by atoms with Gasteiger partial charge in [-0.1, -0.05) is 6.07 Å². The standard InChI is InChI=1S/C16H18FN3O2S.HI/c17-13-6-11(15-12(7-13)9-21-10-22-15)8-20-16(18)19-4-3-14-2-1-5-23-14;/h1-2,5-7H,3-4,8-10H2,(H3,18,19,20);1H. The second kappa shape index (κ2) is 9.19. The average molecular weight is 463 g/mol. The van der Waals surface area contributed by atoms with E-state index in [0.29, 0.717) is 36.0 Å². The number of thiophene rings is 1. The first kappa shape index (κ1) is 18.9. The van der Waals surface area contributed by atoms with Crippen LogP contribution in [0.1, 0.15) is 16.0 Å². The summed E-state index contributed by atoms with van der Waals surface area (Å²) in [5.74, 6) is 0.659. The fourth-order valence-corrected chi connectivity index (χ4v) is 3.08. The molecule has 0 radical (unpaired) electrons. The van der Waals surface area contributed by atoms with Gasteiger partial charge in [-0.3, -0.25) is 0 Å². The molecule has 2 heterocycles. The molecule has 1 aliphatic rings. The molecule has 0 saturated heterocycles. The highest BCUT2D eigenvalue weighted by Gasteiger charge is 2.16. The van der Waals surface area contributed by atoms with E-state index in [1.807, 2.05) is 11.4 Å². The van der Waals surface area contributed by atoms with E-state index in [2.05, 4.69) is 16.4 Å². The molecule has 0 bridgehead atoms. The highest BCUT2D eigenvalue weighted by Crippen LogP contribution is 2.29. The summed E-state index contributed by atoms with van der Waals surface area (Å²) in [7, 11) is 0. The van der Waals surface area contributed by atoms with Crippen LogP contribution in [0.15, 0.2) is 34.6 Å². The molecule has 1 aliphatic heterocycles. The minimum absolute atomic E-state index is 0. The summed E-state index contributed by atoms with van der Waals surface area (Å²) in [6.45, 7) is 1.49. The Kier molecular flexibility index (Phi) is 7.25. The van der Waals surface area contributed by atoms with Crippen molar-refractivity contribution >= 4 is 41.3 Å². The number of nitrogens with zero attached hydrogens (tertiary/aromatic N) is 1. The van der Waals surface area contributed by atoms with Gasteiger partial charge in [-0.2, -0.15) is 0 Å². The number of hydrogen-bond donors (Lipinski definition) is 2. The van der Waals surface area contributed by atoms with Crippen molar-refractivity contribution in [3.8, 4) is 5.75 Å². The lowest BCUT2D eigenvalue weighted by molar-refractivity contribution is -0.0172. The number of benzene rings is 1. The number of aliphatic imine (C=N–C) groups is 1. The third kappa shape index (κ3) is 5.05. The number of ether oxygens (including phenoxy) is 2. The van der Waals surface area contributed by atoms with Gasteiger partial charge in [0.15, 0.2) is 12.8 Å². The number of nitrogens with two attached hydrogens (primary N) is 1. The van der Waals surface area contributed by atoms with Gasteiger partial charge < -0.3 is 20.5 Å². The van der Waals surface area contributed by atoms with E-state index in [0.717, 1.165) is 6.42 Å². The van der Waals surface area contributed by atoms with Gasteiger partial charge in [0.05, 0.1) is 13.2 Å². The summed E-state index contributed by atoms with van der Waals surface area (Å²) in [4.78, 5) is 5.55. The Morgan fingerprint density at radius 2 is 2.29 bits per heavy atom. The van der Waals surface area contributed by atoms with Gasteiger partial charge in [-0.05, 0) is 30.0 Å². The highest BCUT2D eigenvalue weighted by molar-refractivity contribution is 14.0. The molecule has 0 saturated carbocycles. The number of fused-ring (bicyclic) bond motifs is 1. The molecular formula is C16H19FIN3O2S. The summed E-state index contributed by atoms with van der Waals surface area (Å²) in [5, 5.41) is 5.11. The summed E-state index contributed by atoms with van der Waals surface area (Å²) >= 11 is 1.71. The van der Waals surface area contributed by atoms with Crippen molar-refractivity contribution < 1.29 is 13.9 Å². The van der Waals surface area contributed by atoms with Crippen LogP contribution >= 0.6 is 35.3 Å². The van der Waals surface area contributed by atoms with Crippen LogP contribution in [0.5, 0.6) is 5.75 Å². The van der Waals surface area contributed by atoms with E-state index in [1.165, 1.54) is 17.0 Å². The molecule has 0 amide bonds. The van der Waals surface area contributed by atoms with Crippen molar-refractivity contribution in [3.05, 3.63) is 51.5 Å². The Balaban J connectivity index is 0.00000208. The van der Waals surface area contributed by atoms with Crippen molar-refractivity contribution in [2.24, 2.45) is 10.7 Å². The fourth-order valence-electron chi connectivity index (χ4n) is 2.37. The zero-order valence-corrected chi connectivity index (χ0v) is 16.1. The van der Waals surface area contributed by atoms with Crippen LogP contribution in [0.25, 0.3) is 0 Å². The topological polar surface area (TPSA) is 68.9 Å². The zero-order valence-electron chi connectivity index (χ0n) is 13.0. The maximum atomic E-state index is 13.6. The first-order valence-electron chi connectivity index (χ1n) is 7.30. The molecular weight excluding hydrogens is 444 g/mol. The maximum Gasteiger partial charge on any atom is 0.189 e. The van der Waals surface area contributed by atoms with Crippen molar-refractivity contribution in [2.75, 3.05) is 13.3 Å². The lowest BCUT2D eigenvalue weighted by Gasteiger charge is -2.20. The molecule has 3 N–H and O–H groups in total. The van der Waals surface area contributed by atoms with E-state index in [9.17, 15) is 4.39 Å². The Bertz CT molecular complexity index is 695. The molecule has 0 unspecified atom stereocenters. The van der Waals surface area contributed by atoms with Gasteiger partial charge in [0.2, 0.25) is 0 Å². The largest absolute Gasteiger partial charge is 0.467 e. The van der Waals surface area contributed by atoms with Crippen LogP contribution in [0.3, 0.4) is 0 Å². The Morgan fingerprint density at radius 3 is 3.08 bits per heavy atom. The number of rotatable bonds is 5. The summed E-state index contributed by atoms with van der Waals surface area (Å²) in [6, 6.07) is 6.95. The van der Waals surface area contributed by atoms with Crippen molar-refractivity contribution in [1.29, 1.82) is 0 Å². The molecule has 0 fully saturated rings. The SMILES string of the molecule is I.NC(=NCc1cc(F)cc2c1OCOC2)NCCc1cccs1. The van der Waals surface area contributed by atoms with Crippen LogP contribution in [0.2, 0.25) is 0 Å². The van der Waals surface area contributed by atoms with Crippen molar-refractivity contribution in [2.45, 2.75) is 19.6 Å². The third-order valence-corrected chi connectivity index (χ3v) is 4.37. The summed E-state index contributed by atoms with van der Waals surface area (Å²) < 4.78 is 24.2. The minimum Gasteiger partial charge on any atom is -0.467 e. The molecule has 0 aliphatic carbocycles. The third-order valence-electron chi connectivity index (χ3n) is 3.43. The molecule has 5 nitrogen and oxygen atoms in total. The predicted octanol–water partition coefficient (Wildman–Crippen LogP) is 3.02. The molecule has 8 heteroatoms. The number of hydrogen-bond acceptors (Lipinski definition) is 4. The molecule has 24 heavy (non-hydrogen) atoms. The van der Waals surface area contributed by atoms with Crippen LogP contribution in [0, 0.1) is 5.82 Å². The van der Waals surface area contributed by atoms with Gasteiger partial charge >= 0.3 is 0 Å². The van der Waals surface area contributed by atoms with E-state index < -0.39 is 0 Å².